The summed E-state index contributed by atoms with van der Waals surface area (Å²) >= 11 is 1.04. The molecule has 2 aromatic carbocycles. The summed E-state index contributed by atoms with van der Waals surface area (Å²) in [5, 5.41) is 5.70. The Kier molecular flexibility index (Phi) is 12.1. The molecule has 0 atom stereocenters. The van der Waals surface area contributed by atoms with E-state index in [1.165, 1.54) is 0 Å². The van der Waals surface area contributed by atoms with E-state index in [0.717, 1.165) is 41.7 Å². The first-order chi connectivity index (χ1) is 19.5. The number of nitrogens with zero attached hydrogens (tertiary/aromatic N) is 1. The molecule has 0 saturated carbocycles. The van der Waals surface area contributed by atoms with Crippen LogP contribution in [-0.2, 0) is 39.1 Å². The van der Waals surface area contributed by atoms with Gasteiger partial charge in [-0.3, -0.25) is 4.79 Å². The normalized spacial score (nSPS) is 11.6. The minimum Gasteiger partial charge on any atom is -0.462 e. The molecule has 0 unspecified atom stereocenters. The number of esters is 1. The summed E-state index contributed by atoms with van der Waals surface area (Å²) in [5.41, 5.74) is 2.95. The maximum Gasteiger partial charge on any atom is 0.339 e. The van der Waals surface area contributed by atoms with Gasteiger partial charge in [-0.2, -0.15) is 0 Å². The molecule has 3 aromatic rings. The fourth-order valence-corrected chi connectivity index (χ4v) is 7.12. The predicted molar refractivity (Wildman–Crippen MR) is 165 cm³/mol. The van der Waals surface area contributed by atoms with Gasteiger partial charge in [0.15, 0.2) is 0 Å². The largest absolute Gasteiger partial charge is 0.462 e. The van der Waals surface area contributed by atoms with Crippen LogP contribution in [0.3, 0.4) is 0 Å². The summed E-state index contributed by atoms with van der Waals surface area (Å²) in [6, 6.07) is 17.2. The number of thiophene rings is 1. The van der Waals surface area contributed by atoms with Gasteiger partial charge in [0.2, 0.25) is 15.9 Å². The average Bonchev–Trinajstić information content (AvgIpc) is 3.31. The second-order valence-corrected chi connectivity index (χ2v) is 13.6. The second kappa shape index (κ2) is 15.3. The lowest BCUT2D eigenvalue weighted by molar-refractivity contribution is -0.132. The Morgan fingerprint density at radius 1 is 0.951 bits per heavy atom. The van der Waals surface area contributed by atoms with E-state index in [4.69, 9.17) is 9.88 Å². The van der Waals surface area contributed by atoms with Crippen LogP contribution in [0.25, 0.3) is 11.1 Å². The van der Waals surface area contributed by atoms with E-state index in [1.807, 2.05) is 74.2 Å². The summed E-state index contributed by atoms with van der Waals surface area (Å²) in [5.74, 6) is -0.300. The van der Waals surface area contributed by atoms with Gasteiger partial charge in [-0.1, -0.05) is 89.1 Å². The highest BCUT2D eigenvalue weighted by Gasteiger charge is 2.31. The summed E-state index contributed by atoms with van der Waals surface area (Å²) in [6.45, 7) is 9.15. The highest BCUT2D eigenvalue weighted by Crippen LogP contribution is 2.41. The maximum atomic E-state index is 13.4. The molecule has 7 nitrogen and oxygen atoms in total. The number of sulfonamides is 1. The molecule has 0 spiro atoms. The molecule has 0 bridgehead atoms. The molecule has 0 fully saturated rings. The van der Waals surface area contributed by atoms with Crippen LogP contribution in [0, 0.1) is 5.92 Å². The molecule has 2 N–H and O–H groups in total. The number of amides is 1. The number of primary sulfonamides is 1. The van der Waals surface area contributed by atoms with Crippen LogP contribution in [0.5, 0.6) is 0 Å². The van der Waals surface area contributed by atoms with E-state index < -0.39 is 16.0 Å². The average molecular weight is 599 g/mol. The van der Waals surface area contributed by atoms with Crippen LogP contribution < -0.4 is 5.14 Å². The van der Waals surface area contributed by atoms with E-state index in [0.29, 0.717) is 42.8 Å². The highest BCUT2D eigenvalue weighted by atomic mass is 32.2. The minimum atomic E-state index is -4.13. The predicted octanol–water partition coefficient (Wildman–Crippen LogP) is 6.94. The molecule has 0 radical (unpaired) electrons. The second-order valence-electron chi connectivity index (χ2n) is 10.7. The van der Waals surface area contributed by atoms with Crippen LogP contribution >= 0.6 is 11.3 Å². The maximum absolute atomic E-state index is 13.4. The van der Waals surface area contributed by atoms with Gasteiger partial charge in [-0.25, -0.2) is 18.4 Å². The van der Waals surface area contributed by atoms with Crippen LogP contribution in [0.1, 0.15) is 86.2 Å². The molecule has 0 saturated heterocycles. The quantitative estimate of drug-likeness (QED) is 0.151. The smallest absolute Gasteiger partial charge is 0.339 e. The zero-order valence-electron chi connectivity index (χ0n) is 24.5. The van der Waals surface area contributed by atoms with Crippen molar-refractivity contribution < 1.29 is 22.7 Å². The number of carbonyl (C=O) groups excluding carboxylic acids is 2. The van der Waals surface area contributed by atoms with Gasteiger partial charge in [0.25, 0.3) is 0 Å². The third-order valence-electron chi connectivity index (χ3n) is 6.64. The summed E-state index contributed by atoms with van der Waals surface area (Å²) < 4.78 is 31.1. The zero-order chi connectivity index (χ0) is 30.0. The summed E-state index contributed by atoms with van der Waals surface area (Å²) in [6.07, 6.45) is 4.27. The molecule has 0 aliphatic rings. The molecule has 222 valence electrons. The Balaban J connectivity index is 2.08. The van der Waals surface area contributed by atoms with E-state index in [-0.39, 0.29) is 33.8 Å². The molecule has 1 aromatic heterocycles. The van der Waals surface area contributed by atoms with E-state index in [2.05, 4.69) is 6.92 Å². The van der Waals surface area contributed by atoms with Gasteiger partial charge in [0.05, 0.1) is 12.2 Å². The first-order valence-corrected chi connectivity index (χ1v) is 16.7. The SMILES string of the molecule is CCCCOC(=O)c1c(CC(C)C)sc(S(N)(=O)=O)c1-c1cccc(CN(Cc2ccccc2)C(=O)CCCC)c1. The van der Waals surface area contributed by atoms with Crippen molar-refractivity contribution in [3.63, 3.8) is 0 Å². The monoisotopic (exact) mass is 598 g/mol. The van der Waals surface area contributed by atoms with Crippen molar-refractivity contribution >= 4 is 33.2 Å². The molecule has 1 amide bonds. The van der Waals surface area contributed by atoms with Crippen molar-refractivity contribution in [2.45, 2.75) is 83.5 Å². The van der Waals surface area contributed by atoms with Crippen molar-refractivity contribution in [1.82, 2.24) is 4.90 Å². The molecule has 0 aliphatic carbocycles. The van der Waals surface area contributed by atoms with Crippen LogP contribution in [0.4, 0.5) is 0 Å². The third-order valence-corrected chi connectivity index (χ3v) is 9.31. The molecule has 9 heteroatoms. The topological polar surface area (TPSA) is 107 Å². The first kappa shape index (κ1) is 32.5. The molecule has 3 rings (SSSR count). The zero-order valence-corrected chi connectivity index (χ0v) is 26.2. The van der Waals surface area contributed by atoms with Gasteiger partial charge < -0.3 is 9.64 Å². The number of carbonyl (C=O) groups is 2. The van der Waals surface area contributed by atoms with E-state index >= 15 is 0 Å². The van der Waals surface area contributed by atoms with E-state index in [9.17, 15) is 18.0 Å². The standard InChI is InChI=1S/C32H42N2O5S2/c1-5-7-17-28(35)34(21-24-13-10-9-11-14-24)22-25-15-12-16-26(20-25)29-30(31(36)39-18-8-6-2)27(19-23(3)4)40-32(29)41(33,37)38/h9-16,20,23H,5-8,17-19,21-22H2,1-4H3,(H2,33,37,38). The van der Waals surface area contributed by atoms with Crippen LogP contribution in [0.15, 0.2) is 58.8 Å². The Bertz CT molecular complexity index is 1420. The Labute approximate surface area is 248 Å². The first-order valence-electron chi connectivity index (χ1n) is 14.3. The Morgan fingerprint density at radius 3 is 2.24 bits per heavy atom. The van der Waals surface area contributed by atoms with Crippen molar-refractivity contribution in [2.75, 3.05) is 6.61 Å². The number of hydrogen-bond acceptors (Lipinski definition) is 6. The summed E-state index contributed by atoms with van der Waals surface area (Å²) in [4.78, 5) is 29.1. The van der Waals surface area contributed by atoms with Gasteiger partial charge in [0.1, 0.15) is 4.21 Å². The van der Waals surface area contributed by atoms with Gasteiger partial charge in [0, 0.05) is 30.0 Å². The van der Waals surface area contributed by atoms with Gasteiger partial charge in [-0.05, 0) is 47.9 Å². The number of hydrogen-bond donors (Lipinski definition) is 1. The lowest BCUT2D eigenvalue weighted by atomic mass is 9.98. The molecule has 0 aliphatic heterocycles. The molecule has 41 heavy (non-hydrogen) atoms. The fraction of sp³-hybridized carbons (Fsp3) is 0.438. The number of benzene rings is 2. The number of ether oxygens (including phenoxy) is 1. The molecular weight excluding hydrogens is 556 g/mol. The van der Waals surface area contributed by atoms with Gasteiger partial charge in [-0.15, -0.1) is 11.3 Å². The Hall–Kier alpha value is -3.01. The fourth-order valence-electron chi connectivity index (χ4n) is 4.60. The lowest BCUT2D eigenvalue weighted by Crippen LogP contribution is -2.29. The van der Waals surface area contributed by atoms with Crippen LogP contribution in [-0.4, -0.2) is 31.8 Å². The van der Waals surface area contributed by atoms with Crippen molar-refractivity contribution in [2.24, 2.45) is 11.1 Å². The minimum absolute atomic E-state index is 0.0482. The number of nitrogens with two attached hydrogens (primary N) is 1. The van der Waals surface area contributed by atoms with E-state index in [1.54, 1.807) is 6.07 Å². The lowest BCUT2D eigenvalue weighted by Gasteiger charge is -2.23. The van der Waals surface area contributed by atoms with Crippen molar-refractivity contribution in [3.8, 4) is 11.1 Å². The van der Waals surface area contributed by atoms with Crippen LogP contribution in [0.2, 0.25) is 0 Å². The summed E-state index contributed by atoms with van der Waals surface area (Å²) in [7, 11) is -4.13. The molecule has 1 heterocycles. The highest BCUT2D eigenvalue weighted by molar-refractivity contribution is 7.91. The number of unbranched alkanes of at least 4 members (excludes halogenated alkanes) is 2. The molecular formula is C32H42N2O5S2. The Morgan fingerprint density at radius 2 is 1.61 bits per heavy atom. The number of rotatable bonds is 15. The van der Waals surface area contributed by atoms with Crippen molar-refractivity contribution in [1.29, 1.82) is 0 Å². The third kappa shape index (κ3) is 9.24. The van der Waals surface area contributed by atoms with Crippen molar-refractivity contribution in [3.05, 3.63) is 76.2 Å². The van der Waals surface area contributed by atoms with Gasteiger partial charge >= 0.3 is 5.97 Å².